The summed E-state index contributed by atoms with van der Waals surface area (Å²) in [5.74, 6) is 0.188. The lowest BCUT2D eigenvalue weighted by atomic mass is 10.1. The number of hydrogen-bond donors (Lipinski definition) is 3. The Morgan fingerprint density at radius 3 is 2.29 bits per heavy atom. The van der Waals surface area contributed by atoms with Gasteiger partial charge in [0, 0.05) is 30.3 Å². The second kappa shape index (κ2) is 9.03. The number of rotatable bonds is 8. The maximum atomic E-state index is 12.4. The Morgan fingerprint density at radius 2 is 1.61 bits per heavy atom. The Kier molecular flexibility index (Phi) is 6.26. The average Bonchev–Trinajstić information content (AvgIpc) is 3.56. The normalized spacial score (nSPS) is 12.8. The quantitative estimate of drug-likeness (QED) is 0.611. The summed E-state index contributed by atoms with van der Waals surface area (Å²) in [7, 11) is 1.51. The van der Waals surface area contributed by atoms with Crippen LogP contribution in [-0.4, -0.2) is 37.9 Å². The van der Waals surface area contributed by atoms with Crippen LogP contribution >= 0.6 is 0 Å². The Labute approximate surface area is 163 Å². The second-order valence-electron chi connectivity index (χ2n) is 6.55. The zero-order chi connectivity index (χ0) is 19.9. The zero-order valence-electron chi connectivity index (χ0n) is 15.7. The van der Waals surface area contributed by atoms with Crippen molar-refractivity contribution in [2.24, 2.45) is 5.92 Å². The molecule has 2 aromatic carbocycles. The summed E-state index contributed by atoms with van der Waals surface area (Å²) < 4.78 is 5.19. The molecule has 7 heteroatoms. The smallest absolute Gasteiger partial charge is 0.259 e. The van der Waals surface area contributed by atoms with Gasteiger partial charge in [-0.25, -0.2) is 0 Å². The molecule has 3 amide bonds. The monoisotopic (exact) mass is 381 g/mol. The number of hydrogen-bond acceptors (Lipinski definition) is 4. The second-order valence-corrected chi connectivity index (χ2v) is 6.55. The minimum absolute atomic E-state index is 0.0596. The van der Waals surface area contributed by atoms with E-state index >= 15 is 0 Å². The minimum atomic E-state index is -0.291. The third-order valence-corrected chi connectivity index (χ3v) is 4.41. The Balaban J connectivity index is 1.49. The van der Waals surface area contributed by atoms with E-state index in [2.05, 4.69) is 16.0 Å². The number of methoxy groups -OCH3 is 1. The standard InChI is InChI=1S/C21H23N3O4/c1-28-18-5-3-2-4-17(18)21(27)24-16-10-8-15(9-11-16)20(26)23-13-12-22-19(25)14-6-7-14/h2-5,8-11,14H,6-7,12-13H2,1H3,(H,22,25)(H,23,26)(H,24,27). The summed E-state index contributed by atoms with van der Waals surface area (Å²) in [6, 6.07) is 13.5. The van der Waals surface area contributed by atoms with Gasteiger partial charge in [0.25, 0.3) is 11.8 Å². The van der Waals surface area contributed by atoms with Crippen molar-refractivity contribution in [2.75, 3.05) is 25.5 Å². The molecule has 1 fully saturated rings. The molecule has 0 aromatic heterocycles. The predicted octanol–water partition coefficient (Wildman–Crippen LogP) is 2.20. The third kappa shape index (κ3) is 5.09. The first-order valence-corrected chi connectivity index (χ1v) is 9.19. The topological polar surface area (TPSA) is 96.5 Å². The van der Waals surface area contributed by atoms with Gasteiger partial charge in [-0.05, 0) is 49.2 Å². The molecule has 2 aromatic rings. The van der Waals surface area contributed by atoms with E-state index in [1.807, 2.05) is 0 Å². The fraction of sp³-hybridized carbons (Fsp3) is 0.286. The van der Waals surface area contributed by atoms with Crippen molar-refractivity contribution in [3.63, 3.8) is 0 Å². The average molecular weight is 381 g/mol. The molecule has 0 radical (unpaired) electrons. The van der Waals surface area contributed by atoms with E-state index in [0.717, 1.165) is 12.8 Å². The fourth-order valence-electron chi connectivity index (χ4n) is 2.69. The highest BCUT2D eigenvalue weighted by Crippen LogP contribution is 2.28. The molecule has 1 saturated carbocycles. The predicted molar refractivity (Wildman–Crippen MR) is 105 cm³/mol. The highest BCUT2D eigenvalue weighted by atomic mass is 16.5. The van der Waals surface area contributed by atoms with Crippen LogP contribution in [0.4, 0.5) is 5.69 Å². The van der Waals surface area contributed by atoms with Gasteiger partial charge in [0.05, 0.1) is 12.7 Å². The van der Waals surface area contributed by atoms with Crippen LogP contribution in [0.25, 0.3) is 0 Å². The Bertz CT molecular complexity index is 860. The highest BCUT2D eigenvalue weighted by molar-refractivity contribution is 6.06. The van der Waals surface area contributed by atoms with Crippen molar-refractivity contribution in [3.8, 4) is 5.75 Å². The summed E-state index contributed by atoms with van der Waals surface area (Å²) in [4.78, 5) is 36.1. The summed E-state index contributed by atoms with van der Waals surface area (Å²) in [5, 5.41) is 8.34. The SMILES string of the molecule is COc1ccccc1C(=O)Nc1ccc(C(=O)NCCNC(=O)C2CC2)cc1. The molecular formula is C21H23N3O4. The summed E-state index contributed by atoms with van der Waals surface area (Å²) in [6.45, 7) is 0.776. The lowest BCUT2D eigenvalue weighted by molar-refractivity contribution is -0.122. The molecule has 146 valence electrons. The van der Waals surface area contributed by atoms with E-state index in [4.69, 9.17) is 4.74 Å². The fourth-order valence-corrected chi connectivity index (χ4v) is 2.69. The Morgan fingerprint density at radius 1 is 0.929 bits per heavy atom. The van der Waals surface area contributed by atoms with Crippen LogP contribution in [0.5, 0.6) is 5.75 Å². The van der Waals surface area contributed by atoms with E-state index in [1.54, 1.807) is 48.5 Å². The van der Waals surface area contributed by atoms with Gasteiger partial charge in [-0.15, -0.1) is 0 Å². The van der Waals surface area contributed by atoms with Crippen LogP contribution in [0.3, 0.4) is 0 Å². The van der Waals surface area contributed by atoms with E-state index in [1.165, 1.54) is 7.11 Å². The third-order valence-electron chi connectivity index (χ3n) is 4.41. The van der Waals surface area contributed by atoms with Gasteiger partial charge in [0.15, 0.2) is 0 Å². The van der Waals surface area contributed by atoms with Crippen LogP contribution in [0, 0.1) is 5.92 Å². The number of carbonyl (C=O) groups excluding carboxylic acids is 3. The molecule has 3 rings (SSSR count). The van der Waals surface area contributed by atoms with Gasteiger partial charge in [-0.3, -0.25) is 14.4 Å². The van der Waals surface area contributed by atoms with Crippen LogP contribution in [0.15, 0.2) is 48.5 Å². The number of amides is 3. The summed E-state index contributed by atoms with van der Waals surface area (Å²) >= 11 is 0. The lowest BCUT2D eigenvalue weighted by Crippen LogP contribution is -2.35. The first-order chi connectivity index (χ1) is 13.6. The van der Waals surface area contributed by atoms with Gasteiger partial charge < -0.3 is 20.7 Å². The molecule has 0 heterocycles. The first-order valence-electron chi connectivity index (χ1n) is 9.19. The largest absolute Gasteiger partial charge is 0.496 e. The molecular weight excluding hydrogens is 358 g/mol. The number of anilines is 1. The maximum Gasteiger partial charge on any atom is 0.259 e. The summed E-state index contributed by atoms with van der Waals surface area (Å²) in [6.07, 6.45) is 1.91. The summed E-state index contributed by atoms with van der Waals surface area (Å²) in [5.41, 5.74) is 1.48. The van der Waals surface area contributed by atoms with Gasteiger partial charge in [0.2, 0.25) is 5.91 Å². The zero-order valence-corrected chi connectivity index (χ0v) is 15.7. The van der Waals surface area contributed by atoms with Crippen molar-refractivity contribution in [3.05, 3.63) is 59.7 Å². The number of para-hydroxylation sites is 1. The minimum Gasteiger partial charge on any atom is -0.496 e. The first kappa shape index (κ1) is 19.4. The molecule has 0 saturated heterocycles. The van der Waals surface area contributed by atoms with Crippen molar-refractivity contribution >= 4 is 23.4 Å². The molecule has 1 aliphatic rings. The molecule has 3 N–H and O–H groups in total. The van der Waals surface area contributed by atoms with Crippen molar-refractivity contribution in [1.82, 2.24) is 10.6 Å². The molecule has 7 nitrogen and oxygen atoms in total. The van der Waals surface area contributed by atoms with E-state index < -0.39 is 0 Å². The number of benzene rings is 2. The van der Waals surface area contributed by atoms with Crippen LogP contribution in [0.2, 0.25) is 0 Å². The molecule has 1 aliphatic carbocycles. The number of nitrogens with one attached hydrogen (secondary N) is 3. The molecule has 0 atom stereocenters. The number of carbonyl (C=O) groups is 3. The molecule has 0 unspecified atom stereocenters. The van der Waals surface area contributed by atoms with Crippen molar-refractivity contribution < 1.29 is 19.1 Å². The molecule has 0 bridgehead atoms. The maximum absolute atomic E-state index is 12.4. The van der Waals surface area contributed by atoms with Gasteiger partial charge >= 0.3 is 0 Å². The van der Waals surface area contributed by atoms with E-state index in [0.29, 0.717) is 35.7 Å². The van der Waals surface area contributed by atoms with Crippen molar-refractivity contribution in [2.45, 2.75) is 12.8 Å². The van der Waals surface area contributed by atoms with Crippen LogP contribution in [0.1, 0.15) is 33.6 Å². The van der Waals surface area contributed by atoms with E-state index in [9.17, 15) is 14.4 Å². The van der Waals surface area contributed by atoms with E-state index in [-0.39, 0.29) is 23.6 Å². The Hall–Kier alpha value is -3.35. The van der Waals surface area contributed by atoms with Gasteiger partial charge in [0.1, 0.15) is 5.75 Å². The van der Waals surface area contributed by atoms with Gasteiger partial charge in [-0.1, -0.05) is 12.1 Å². The van der Waals surface area contributed by atoms with Crippen LogP contribution < -0.4 is 20.7 Å². The molecule has 0 spiro atoms. The molecule has 28 heavy (non-hydrogen) atoms. The number of ether oxygens (including phenoxy) is 1. The van der Waals surface area contributed by atoms with Crippen LogP contribution in [-0.2, 0) is 4.79 Å². The molecule has 0 aliphatic heterocycles. The van der Waals surface area contributed by atoms with Gasteiger partial charge in [-0.2, -0.15) is 0 Å². The lowest BCUT2D eigenvalue weighted by Gasteiger charge is -2.10. The highest BCUT2D eigenvalue weighted by Gasteiger charge is 2.29. The van der Waals surface area contributed by atoms with Crippen molar-refractivity contribution in [1.29, 1.82) is 0 Å².